The van der Waals surface area contributed by atoms with Gasteiger partial charge in [-0.05, 0) is 24.6 Å². The molecular formula is C21H18N6O. The maximum absolute atomic E-state index is 6.19. The number of rotatable bonds is 4. The molecule has 0 radical (unpaired) electrons. The Kier molecular flexibility index (Phi) is 4.55. The normalized spacial score (nSPS) is 10.6. The Morgan fingerprint density at radius 3 is 2.25 bits per heavy atom. The molecule has 0 unspecified atom stereocenters. The topological polar surface area (TPSA) is 113 Å². The summed E-state index contributed by atoms with van der Waals surface area (Å²) in [6, 6.07) is 18.9. The standard InChI is InChI=1S/C21H18N6O/c1-13-24-12-11-17(25-13)28-16-9-7-14(8-10-16)18-19(15-5-3-2-4-6-15)26-21(23)27-20(18)22/h2-12H,1H3,(H4,22,23,26,27). The van der Waals surface area contributed by atoms with Gasteiger partial charge < -0.3 is 16.2 Å². The van der Waals surface area contributed by atoms with Crippen LogP contribution >= 0.6 is 0 Å². The number of hydrogen-bond donors (Lipinski definition) is 2. The Morgan fingerprint density at radius 2 is 1.54 bits per heavy atom. The lowest BCUT2D eigenvalue weighted by molar-refractivity contribution is 0.460. The Labute approximate surface area is 162 Å². The van der Waals surface area contributed by atoms with E-state index in [-0.39, 0.29) is 5.95 Å². The van der Waals surface area contributed by atoms with Gasteiger partial charge in [0, 0.05) is 17.8 Å². The highest BCUT2D eigenvalue weighted by atomic mass is 16.5. The number of nitrogen functional groups attached to an aromatic ring is 2. The largest absolute Gasteiger partial charge is 0.439 e. The minimum absolute atomic E-state index is 0.138. The minimum Gasteiger partial charge on any atom is -0.439 e. The monoisotopic (exact) mass is 370 g/mol. The number of aryl methyl sites for hydroxylation is 1. The van der Waals surface area contributed by atoms with Crippen LogP contribution in [0.5, 0.6) is 11.6 Å². The van der Waals surface area contributed by atoms with E-state index in [4.69, 9.17) is 16.2 Å². The average Bonchev–Trinajstić information content (AvgIpc) is 2.69. The highest BCUT2D eigenvalue weighted by Crippen LogP contribution is 2.35. The molecule has 4 aromatic rings. The van der Waals surface area contributed by atoms with Crippen molar-refractivity contribution in [1.29, 1.82) is 0 Å². The molecule has 0 spiro atoms. The molecular weight excluding hydrogens is 352 g/mol. The molecule has 0 saturated heterocycles. The van der Waals surface area contributed by atoms with Crippen LogP contribution in [0, 0.1) is 6.92 Å². The van der Waals surface area contributed by atoms with Crippen LogP contribution in [0.25, 0.3) is 22.4 Å². The molecule has 0 amide bonds. The fourth-order valence-electron chi connectivity index (χ4n) is 2.89. The Morgan fingerprint density at radius 1 is 0.786 bits per heavy atom. The van der Waals surface area contributed by atoms with Gasteiger partial charge in [-0.1, -0.05) is 42.5 Å². The molecule has 0 atom stereocenters. The zero-order valence-corrected chi connectivity index (χ0v) is 15.2. The van der Waals surface area contributed by atoms with E-state index < -0.39 is 0 Å². The third-order valence-electron chi connectivity index (χ3n) is 4.12. The highest BCUT2D eigenvalue weighted by Gasteiger charge is 2.15. The Balaban J connectivity index is 1.72. The zero-order valence-electron chi connectivity index (χ0n) is 15.2. The maximum atomic E-state index is 6.19. The summed E-state index contributed by atoms with van der Waals surface area (Å²) in [6.45, 7) is 1.81. The van der Waals surface area contributed by atoms with Gasteiger partial charge in [-0.2, -0.15) is 9.97 Å². The molecule has 0 aliphatic heterocycles. The first-order valence-electron chi connectivity index (χ1n) is 8.66. The van der Waals surface area contributed by atoms with Gasteiger partial charge in [0.05, 0.1) is 11.3 Å². The number of anilines is 2. The molecule has 2 aromatic carbocycles. The zero-order chi connectivity index (χ0) is 19.5. The molecule has 0 aliphatic carbocycles. The lowest BCUT2D eigenvalue weighted by Gasteiger charge is -2.13. The fraction of sp³-hybridized carbons (Fsp3) is 0.0476. The summed E-state index contributed by atoms with van der Waals surface area (Å²) in [5, 5.41) is 0. The van der Waals surface area contributed by atoms with Crippen LogP contribution in [0.1, 0.15) is 5.82 Å². The van der Waals surface area contributed by atoms with Crippen molar-refractivity contribution in [2.75, 3.05) is 11.5 Å². The third-order valence-corrected chi connectivity index (χ3v) is 4.12. The predicted molar refractivity (Wildman–Crippen MR) is 109 cm³/mol. The molecule has 28 heavy (non-hydrogen) atoms. The quantitative estimate of drug-likeness (QED) is 0.560. The second-order valence-corrected chi connectivity index (χ2v) is 6.13. The predicted octanol–water partition coefficient (Wildman–Crippen LogP) is 3.87. The number of aromatic nitrogens is 4. The molecule has 7 heteroatoms. The van der Waals surface area contributed by atoms with Gasteiger partial charge in [0.1, 0.15) is 17.4 Å². The Hall–Kier alpha value is -4.00. The number of benzene rings is 2. The van der Waals surface area contributed by atoms with E-state index in [1.165, 1.54) is 0 Å². The highest BCUT2D eigenvalue weighted by molar-refractivity contribution is 5.88. The number of hydrogen-bond acceptors (Lipinski definition) is 7. The summed E-state index contributed by atoms with van der Waals surface area (Å²) in [5.74, 6) is 2.25. The van der Waals surface area contributed by atoms with Gasteiger partial charge in [-0.3, -0.25) is 0 Å². The van der Waals surface area contributed by atoms with Gasteiger partial charge in [-0.15, -0.1) is 0 Å². The molecule has 2 heterocycles. The summed E-state index contributed by atoms with van der Waals surface area (Å²) in [4.78, 5) is 16.9. The average molecular weight is 370 g/mol. The molecule has 0 bridgehead atoms. The van der Waals surface area contributed by atoms with Crippen molar-refractivity contribution in [2.24, 2.45) is 0 Å². The lowest BCUT2D eigenvalue weighted by atomic mass is 9.99. The SMILES string of the molecule is Cc1nccc(Oc2ccc(-c3c(N)nc(N)nc3-c3ccccc3)cc2)n1. The maximum Gasteiger partial charge on any atom is 0.222 e. The number of ether oxygens (including phenoxy) is 1. The fourth-order valence-corrected chi connectivity index (χ4v) is 2.89. The summed E-state index contributed by atoms with van der Waals surface area (Å²) >= 11 is 0. The molecule has 0 fully saturated rings. The second-order valence-electron chi connectivity index (χ2n) is 6.13. The van der Waals surface area contributed by atoms with Gasteiger partial charge in [0.2, 0.25) is 11.8 Å². The first-order chi connectivity index (χ1) is 13.6. The van der Waals surface area contributed by atoms with Crippen LogP contribution in [0.15, 0.2) is 66.9 Å². The summed E-state index contributed by atoms with van der Waals surface area (Å²) < 4.78 is 5.78. The van der Waals surface area contributed by atoms with Crippen LogP contribution in [-0.4, -0.2) is 19.9 Å². The van der Waals surface area contributed by atoms with Crippen LogP contribution in [-0.2, 0) is 0 Å². The number of nitrogens with zero attached hydrogens (tertiary/aromatic N) is 4. The van der Waals surface area contributed by atoms with Crippen LogP contribution < -0.4 is 16.2 Å². The second kappa shape index (κ2) is 7.32. The first-order valence-corrected chi connectivity index (χ1v) is 8.66. The van der Waals surface area contributed by atoms with E-state index in [2.05, 4.69) is 19.9 Å². The van der Waals surface area contributed by atoms with E-state index in [9.17, 15) is 0 Å². The molecule has 4 rings (SSSR count). The molecule has 0 saturated carbocycles. The van der Waals surface area contributed by atoms with Crippen molar-refractivity contribution in [3.05, 3.63) is 72.7 Å². The summed E-state index contributed by atoms with van der Waals surface area (Å²) in [6.07, 6.45) is 1.66. The van der Waals surface area contributed by atoms with Crippen LogP contribution in [0.3, 0.4) is 0 Å². The van der Waals surface area contributed by atoms with Gasteiger partial charge >= 0.3 is 0 Å². The van der Waals surface area contributed by atoms with E-state index in [0.717, 1.165) is 16.7 Å². The minimum atomic E-state index is 0.138. The Bertz CT molecular complexity index is 1110. The molecule has 4 N–H and O–H groups in total. The van der Waals surface area contributed by atoms with E-state index in [0.29, 0.717) is 29.0 Å². The lowest BCUT2D eigenvalue weighted by Crippen LogP contribution is -2.04. The summed E-state index contributed by atoms with van der Waals surface area (Å²) in [5.41, 5.74) is 15.2. The number of nitrogens with two attached hydrogens (primary N) is 2. The molecule has 7 nitrogen and oxygen atoms in total. The van der Waals surface area contributed by atoms with Crippen molar-refractivity contribution in [3.8, 4) is 34.0 Å². The van der Waals surface area contributed by atoms with E-state index >= 15 is 0 Å². The van der Waals surface area contributed by atoms with Crippen LogP contribution in [0.4, 0.5) is 11.8 Å². The van der Waals surface area contributed by atoms with Crippen molar-refractivity contribution in [1.82, 2.24) is 19.9 Å². The molecule has 138 valence electrons. The van der Waals surface area contributed by atoms with Crippen LogP contribution in [0.2, 0.25) is 0 Å². The van der Waals surface area contributed by atoms with E-state index in [1.807, 2.05) is 61.5 Å². The van der Waals surface area contributed by atoms with Gasteiger partial charge in [-0.25, -0.2) is 9.97 Å². The molecule has 2 aromatic heterocycles. The van der Waals surface area contributed by atoms with E-state index in [1.54, 1.807) is 12.3 Å². The summed E-state index contributed by atoms with van der Waals surface area (Å²) in [7, 11) is 0. The van der Waals surface area contributed by atoms with Gasteiger partial charge in [0.15, 0.2) is 0 Å². The van der Waals surface area contributed by atoms with Gasteiger partial charge in [0.25, 0.3) is 0 Å². The third kappa shape index (κ3) is 3.59. The van der Waals surface area contributed by atoms with Crippen molar-refractivity contribution in [2.45, 2.75) is 6.92 Å². The van der Waals surface area contributed by atoms with Crippen molar-refractivity contribution < 1.29 is 4.74 Å². The first kappa shape index (κ1) is 17.4. The van der Waals surface area contributed by atoms with Crippen molar-refractivity contribution >= 4 is 11.8 Å². The van der Waals surface area contributed by atoms with Crippen molar-refractivity contribution in [3.63, 3.8) is 0 Å². The smallest absolute Gasteiger partial charge is 0.222 e. The molecule has 0 aliphatic rings.